The van der Waals surface area contributed by atoms with Gasteiger partial charge in [0.2, 0.25) is 0 Å². The average Bonchev–Trinajstić information content (AvgIpc) is 2.57. The van der Waals surface area contributed by atoms with Crippen molar-refractivity contribution in [3.63, 3.8) is 0 Å². The van der Waals surface area contributed by atoms with E-state index in [4.69, 9.17) is 5.73 Å². The van der Waals surface area contributed by atoms with Crippen LogP contribution in [0.5, 0.6) is 0 Å². The Hall–Kier alpha value is 0.270. The largest absolute Gasteiger partial charge is 0.329 e. The number of likely N-dealkylation sites (tertiary alicyclic amines) is 1. The van der Waals surface area contributed by atoms with Crippen molar-refractivity contribution < 1.29 is 0 Å². The van der Waals surface area contributed by atoms with Gasteiger partial charge in [-0.15, -0.1) is 0 Å². The first-order valence-corrected chi connectivity index (χ1v) is 7.97. The van der Waals surface area contributed by atoms with E-state index in [0.29, 0.717) is 10.8 Å². The van der Waals surface area contributed by atoms with Crippen LogP contribution in [0.25, 0.3) is 0 Å². The van der Waals surface area contributed by atoms with Crippen LogP contribution in [-0.4, -0.2) is 41.6 Å². The minimum Gasteiger partial charge on any atom is -0.329 e. The molecule has 0 aromatic heterocycles. The first-order chi connectivity index (χ1) is 7.79. The molecule has 3 heteroatoms. The van der Waals surface area contributed by atoms with Crippen molar-refractivity contribution in [1.29, 1.82) is 0 Å². The lowest BCUT2D eigenvalue weighted by Crippen LogP contribution is -2.59. The van der Waals surface area contributed by atoms with Gasteiger partial charge in [0.25, 0.3) is 0 Å². The Balaban J connectivity index is 2.15. The van der Waals surface area contributed by atoms with Crippen LogP contribution in [0.3, 0.4) is 0 Å². The van der Waals surface area contributed by atoms with E-state index in [1.54, 1.807) is 0 Å². The maximum absolute atomic E-state index is 6.17. The summed E-state index contributed by atoms with van der Waals surface area (Å²) in [6.07, 6.45) is 2.58. The first kappa shape index (κ1) is 13.7. The lowest BCUT2D eigenvalue weighted by atomic mass is 9.78. The molecule has 0 aromatic rings. The van der Waals surface area contributed by atoms with Crippen molar-refractivity contribution in [3.05, 3.63) is 0 Å². The van der Waals surface area contributed by atoms with Crippen molar-refractivity contribution in [3.8, 4) is 0 Å². The highest BCUT2D eigenvalue weighted by atomic mass is 32.2. The second kappa shape index (κ2) is 4.43. The fourth-order valence-electron chi connectivity index (χ4n) is 3.49. The number of rotatable bonds is 2. The fraction of sp³-hybridized carbons (Fsp3) is 1.00. The molecule has 2 fully saturated rings. The first-order valence-electron chi connectivity index (χ1n) is 6.82. The lowest BCUT2D eigenvalue weighted by molar-refractivity contribution is 0.0824. The van der Waals surface area contributed by atoms with Gasteiger partial charge in [0.05, 0.1) is 0 Å². The van der Waals surface area contributed by atoms with E-state index < -0.39 is 0 Å². The molecule has 0 amide bonds. The summed E-state index contributed by atoms with van der Waals surface area (Å²) in [7, 11) is 0. The van der Waals surface area contributed by atoms with Crippen molar-refractivity contribution in [2.75, 3.05) is 31.1 Å². The minimum atomic E-state index is 0.264. The Bertz CT molecular complexity index is 288. The molecule has 17 heavy (non-hydrogen) atoms. The molecular formula is C14H28N2S. The highest BCUT2D eigenvalue weighted by Gasteiger charge is 2.47. The predicted molar refractivity (Wildman–Crippen MR) is 77.5 cm³/mol. The van der Waals surface area contributed by atoms with Crippen molar-refractivity contribution >= 4 is 11.8 Å². The number of nitrogens with zero attached hydrogens (tertiary/aromatic N) is 1. The van der Waals surface area contributed by atoms with Crippen molar-refractivity contribution in [1.82, 2.24) is 4.90 Å². The van der Waals surface area contributed by atoms with E-state index in [2.05, 4.69) is 44.4 Å². The number of thioether (sulfide) groups is 1. The predicted octanol–water partition coefficient (Wildman–Crippen LogP) is 2.58. The zero-order valence-corrected chi connectivity index (χ0v) is 12.7. The van der Waals surface area contributed by atoms with E-state index in [0.717, 1.165) is 6.54 Å². The quantitative estimate of drug-likeness (QED) is 0.823. The Labute approximate surface area is 111 Å². The van der Waals surface area contributed by atoms with Crippen molar-refractivity contribution in [2.24, 2.45) is 16.6 Å². The standard InChI is InChI=1S/C14H28N2S/c1-12(2)5-6-16(9-12)14(8-15)7-13(3,4)10-17-11-14/h5-11,15H2,1-4H3. The molecule has 2 heterocycles. The molecule has 2 rings (SSSR count). The summed E-state index contributed by atoms with van der Waals surface area (Å²) in [6, 6.07) is 0. The van der Waals surface area contributed by atoms with E-state index in [9.17, 15) is 0 Å². The second-order valence-corrected chi connectivity index (χ2v) is 8.58. The van der Waals surface area contributed by atoms with Gasteiger partial charge in [-0.3, -0.25) is 4.90 Å². The van der Waals surface area contributed by atoms with Crippen LogP contribution >= 0.6 is 11.8 Å². The fourth-order valence-corrected chi connectivity index (χ4v) is 5.03. The van der Waals surface area contributed by atoms with Crippen LogP contribution in [-0.2, 0) is 0 Å². The molecule has 0 bridgehead atoms. The van der Waals surface area contributed by atoms with E-state index in [-0.39, 0.29) is 5.54 Å². The molecule has 2 N–H and O–H groups in total. The molecule has 0 saturated carbocycles. The lowest BCUT2D eigenvalue weighted by Gasteiger charge is -2.49. The van der Waals surface area contributed by atoms with Gasteiger partial charge in [0.15, 0.2) is 0 Å². The molecule has 0 aromatic carbocycles. The van der Waals surface area contributed by atoms with Crippen molar-refractivity contribution in [2.45, 2.75) is 46.1 Å². The Kier molecular flexibility index (Phi) is 3.57. The summed E-state index contributed by atoms with van der Waals surface area (Å²) < 4.78 is 0. The monoisotopic (exact) mass is 256 g/mol. The topological polar surface area (TPSA) is 29.3 Å². The number of nitrogens with two attached hydrogens (primary N) is 1. The normalized spacial score (nSPS) is 37.2. The van der Waals surface area contributed by atoms with Gasteiger partial charge in [-0.25, -0.2) is 0 Å². The van der Waals surface area contributed by atoms with E-state index in [1.165, 1.54) is 37.4 Å². The third-order valence-electron chi connectivity index (χ3n) is 4.40. The van der Waals surface area contributed by atoms with Crippen LogP contribution in [0.2, 0.25) is 0 Å². The molecule has 0 radical (unpaired) electrons. The molecule has 0 aliphatic carbocycles. The molecular weight excluding hydrogens is 228 g/mol. The van der Waals surface area contributed by atoms with E-state index >= 15 is 0 Å². The third kappa shape index (κ3) is 2.82. The molecule has 1 unspecified atom stereocenters. The van der Waals surface area contributed by atoms with Gasteiger partial charge < -0.3 is 5.73 Å². The summed E-state index contributed by atoms with van der Waals surface area (Å²) in [6.45, 7) is 12.8. The molecule has 2 aliphatic heterocycles. The highest BCUT2D eigenvalue weighted by molar-refractivity contribution is 7.99. The zero-order chi connectivity index (χ0) is 12.7. The smallest absolute Gasteiger partial charge is 0.0427 e. The summed E-state index contributed by atoms with van der Waals surface area (Å²) in [4.78, 5) is 2.70. The Morgan fingerprint density at radius 2 is 1.82 bits per heavy atom. The van der Waals surface area contributed by atoms with Crippen LogP contribution in [0.4, 0.5) is 0 Å². The summed E-state index contributed by atoms with van der Waals surface area (Å²) in [5, 5.41) is 0. The molecule has 0 spiro atoms. The maximum Gasteiger partial charge on any atom is 0.0427 e. The van der Waals surface area contributed by atoms with Crippen LogP contribution in [0, 0.1) is 10.8 Å². The SMILES string of the molecule is CC1(C)CCN(C2(CN)CSCC(C)(C)C2)C1. The highest BCUT2D eigenvalue weighted by Crippen LogP contribution is 2.45. The minimum absolute atomic E-state index is 0.264. The van der Waals surface area contributed by atoms with Gasteiger partial charge in [-0.2, -0.15) is 11.8 Å². The Morgan fingerprint density at radius 3 is 2.29 bits per heavy atom. The van der Waals surface area contributed by atoms with Gasteiger partial charge >= 0.3 is 0 Å². The van der Waals surface area contributed by atoms with Gasteiger partial charge in [0, 0.05) is 24.4 Å². The molecule has 2 nitrogen and oxygen atoms in total. The molecule has 2 saturated heterocycles. The number of hydrogen-bond donors (Lipinski definition) is 1. The summed E-state index contributed by atoms with van der Waals surface area (Å²) >= 11 is 2.10. The van der Waals surface area contributed by atoms with Gasteiger partial charge in [0.1, 0.15) is 0 Å². The van der Waals surface area contributed by atoms with Gasteiger partial charge in [-0.05, 0) is 36.0 Å². The third-order valence-corrected chi connectivity index (χ3v) is 6.13. The molecule has 1 atom stereocenters. The average molecular weight is 256 g/mol. The summed E-state index contributed by atoms with van der Waals surface area (Å²) in [5.74, 6) is 2.51. The van der Waals surface area contributed by atoms with Crippen LogP contribution < -0.4 is 5.73 Å². The zero-order valence-electron chi connectivity index (χ0n) is 11.9. The van der Waals surface area contributed by atoms with Crippen LogP contribution in [0.15, 0.2) is 0 Å². The second-order valence-electron chi connectivity index (χ2n) is 7.60. The molecule has 100 valence electrons. The van der Waals surface area contributed by atoms with Crippen LogP contribution in [0.1, 0.15) is 40.5 Å². The maximum atomic E-state index is 6.17. The molecule has 2 aliphatic rings. The van der Waals surface area contributed by atoms with Gasteiger partial charge in [-0.1, -0.05) is 27.7 Å². The van der Waals surface area contributed by atoms with E-state index in [1.807, 2.05) is 0 Å². The Morgan fingerprint density at radius 1 is 1.12 bits per heavy atom. The summed E-state index contributed by atoms with van der Waals surface area (Å²) in [5.41, 5.74) is 7.36. The number of hydrogen-bond acceptors (Lipinski definition) is 3.